The number of carbonyl (C=O) groups is 1. The van der Waals surface area contributed by atoms with Gasteiger partial charge in [0.05, 0.1) is 0 Å². The molecule has 11 heavy (non-hydrogen) atoms. The summed E-state index contributed by atoms with van der Waals surface area (Å²) in [6.07, 6.45) is 5.96. The van der Waals surface area contributed by atoms with Gasteiger partial charge in [0.1, 0.15) is 0 Å². The lowest BCUT2D eigenvalue weighted by molar-refractivity contribution is -0.125. The Morgan fingerprint density at radius 1 is 1.55 bits per heavy atom. The second-order valence-electron chi connectivity index (χ2n) is 3.58. The highest BCUT2D eigenvalue weighted by Gasteiger charge is 2.31. The predicted octanol–water partition coefficient (Wildman–Crippen LogP) is 1.69. The molecule has 0 aromatic rings. The van der Waals surface area contributed by atoms with Crippen molar-refractivity contribution in [2.75, 3.05) is 0 Å². The SMILES string of the molecule is CCCCC1CC(C(N)=O)C1. The minimum atomic E-state index is -0.0993. The van der Waals surface area contributed by atoms with Gasteiger partial charge in [-0.25, -0.2) is 0 Å². The molecule has 0 saturated heterocycles. The Balaban J connectivity index is 2.05. The molecule has 0 unspecified atom stereocenters. The Kier molecular flexibility index (Phi) is 2.92. The van der Waals surface area contributed by atoms with E-state index < -0.39 is 0 Å². The van der Waals surface area contributed by atoms with Gasteiger partial charge in [-0.2, -0.15) is 0 Å². The summed E-state index contributed by atoms with van der Waals surface area (Å²) in [5.74, 6) is 0.905. The quantitative estimate of drug-likeness (QED) is 0.659. The first-order valence-corrected chi connectivity index (χ1v) is 4.53. The largest absolute Gasteiger partial charge is 0.369 e. The van der Waals surface area contributed by atoms with E-state index in [2.05, 4.69) is 6.92 Å². The third-order valence-electron chi connectivity index (χ3n) is 2.60. The van der Waals surface area contributed by atoms with E-state index in [1.807, 2.05) is 0 Å². The number of hydrogen-bond acceptors (Lipinski definition) is 1. The standard InChI is InChI=1S/C9H17NO/c1-2-3-4-7-5-8(6-7)9(10)11/h7-8H,2-6H2,1H3,(H2,10,11). The average molecular weight is 155 g/mol. The van der Waals surface area contributed by atoms with Gasteiger partial charge in [-0.1, -0.05) is 26.2 Å². The molecule has 0 bridgehead atoms. The maximum Gasteiger partial charge on any atom is 0.220 e. The summed E-state index contributed by atoms with van der Waals surface area (Å²) in [5, 5.41) is 0. The number of primary amides is 1. The summed E-state index contributed by atoms with van der Waals surface area (Å²) in [6, 6.07) is 0. The first-order chi connectivity index (χ1) is 5.24. The van der Waals surface area contributed by atoms with Crippen molar-refractivity contribution in [1.82, 2.24) is 0 Å². The van der Waals surface area contributed by atoms with Gasteiger partial charge in [-0.15, -0.1) is 0 Å². The molecule has 0 aliphatic heterocycles. The molecule has 0 radical (unpaired) electrons. The van der Waals surface area contributed by atoms with Crippen LogP contribution in [-0.4, -0.2) is 5.91 Å². The predicted molar refractivity (Wildman–Crippen MR) is 44.9 cm³/mol. The monoisotopic (exact) mass is 155 g/mol. The normalized spacial score (nSPS) is 29.5. The number of rotatable bonds is 4. The number of carbonyl (C=O) groups excluding carboxylic acids is 1. The van der Waals surface area contributed by atoms with E-state index in [0.717, 1.165) is 18.8 Å². The highest BCUT2D eigenvalue weighted by Crippen LogP contribution is 2.36. The lowest BCUT2D eigenvalue weighted by Crippen LogP contribution is -2.34. The summed E-state index contributed by atoms with van der Waals surface area (Å²) >= 11 is 0. The van der Waals surface area contributed by atoms with Crippen molar-refractivity contribution in [1.29, 1.82) is 0 Å². The summed E-state index contributed by atoms with van der Waals surface area (Å²) in [6.45, 7) is 2.20. The van der Waals surface area contributed by atoms with E-state index in [0.29, 0.717) is 0 Å². The topological polar surface area (TPSA) is 43.1 Å². The zero-order valence-corrected chi connectivity index (χ0v) is 7.18. The average Bonchev–Trinajstić information content (AvgIpc) is 1.84. The summed E-state index contributed by atoms with van der Waals surface area (Å²) in [7, 11) is 0. The fourth-order valence-electron chi connectivity index (χ4n) is 1.70. The Labute approximate surface area is 68.2 Å². The van der Waals surface area contributed by atoms with Crippen LogP contribution in [0.4, 0.5) is 0 Å². The molecule has 2 heteroatoms. The van der Waals surface area contributed by atoms with Crippen molar-refractivity contribution in [2.45, 2.75) is 39.0 Å². The van der Waals surface area contributed by atoms with Crippen LogP contribution >= 0.6 is 0 Å². The molecule has 64 valence electrons. The lowest BCUT2D eigenvalue weighted by atomic mass is 9.72. The zero-order valence-electron chi connectivity index (χ0n) is 7.18. The van der Waals surface area contributed by atoms with Crippen LogP contribution in [0.15, 0.2) is 0 Å². The Morgan fingerprint density at radius 2 is 2.18 bits per heavy atom. The fraction of sp³-hybridized carbons (Fsp3) is 0.889. The van der Waals surface area contributed by atoms with Crippen molar-refractivity contribution in [3.05, 3.63) is 0 Å². The van der Waals surface area contributed by atoms with E-state index >= 15 is 0 Å². The van der Waals surface area contributed by atoms with Gasteiger partial charge < -0.3 is 5.73 Å². The van der Waals surface area contributed by atoms with E-state index in [9.17, 15) is 4.79 Å². The first-order valence-electron chi connectivity index (χ1n) is 4.53. The second kappa shape index (κ2) is 3.74. The van der Waals surface area contributed by atoms with Crippen LogP contribution < -0.4 is 5.73 Å². The molecule has 0 heterocycles. The van der Waals surface area contributed by atoms with Crippen molar-refractivity contribution in [2.24, 2.45) is 17.6 Å². The van der Waals surface area contributed by atoms with Gasteiger partial charge in [0.15, 0.2) is 0 Å². The minimum Gasteiger partial charge on any atom is -0.369 e. The highest BCUT2D eigenvalue weighted by molar-refractivity contribution is 5.77. The van der Waals surface area contributed by atoms with Crippen molar-refractivity contribution >= 4 is 5.91 Å². The smallest absolute Gasteiger partial charge is 0.220 e. The molecule has 1 aliphatic rings. The van der Waals surface area contributed by atoms with Crippen molar-refractivity contribution in [3.8, 4) is 0 Å². The van der Waals surface area contributed by atoms with Crippen LogP contribution in [-0.2, 0) is 4.79 Å². The molecule has 1 rings (SSSR count). The van der Waals surface area contributed by atoms with E-state index in [4.69, 9.17) is 5.73 Å². The Hall–Kier alpha value is -0.530. The Bertz CT molecular complexity index is 138. The summed E-state index contributed by atoms with van der Waals surface area (Å²) in [4.78, 5) is 10.6. The van der Waals surface area contributed by atoms with Crippen LogP contribution in [0.1, 0.15) is 39.0 Å². The van der Waals surface area contributed by atoms with E-state index in [-0.39, 0.29) is 11.8 Å². The lowest BCUT2D eigenvalue weighted by Gasteiger charge is -2.32. The molecule has 0 aromatic carbocycles. The summed E-state index contributed by atoms with van der Waals surface area (Å²) < 4.78 is 0. The highest BCUT2D eigenvalue weighted by atomic mass is 16.1. The van der Waals surface area contributed by atoms with Crippen LogP contribution in [0.3, 0.4) is 0 Å². The van der Waals surface area contributed by atoms with Gasteiger partial charge in [0.2, 0.25) is 5.91 Å². The molecule has 0 atom stereocenters. The van der Waals surface area contributed by atoms with Gasteiger partial charge in [0, 0.05) is 5.92 Å². The number of unbranched alkanes of at least 4 members (excludes halogenated alkanes) is 1. The molecule has 1 fully saturated rings. The second-order valence-corrected chi connectivity index (χ2v) is 3.58. The van der Waals surface area contributed by atoms with Gasteiger partial charge in [-0.05, 0) is 18.8 Å². The molecule has 2 nitrogen and oxygen atoms in total. The van der Waals surface area contributed by atoms with Crippen LogP contribution in [0.5, 0.6) is 0 Å². The maximum atomic E-state index is 10.6. The molecule has 0 aromatic heterocycles. The number of hydrogen-bond donors (Lipinski definition) is 1. The first kappa shape index (κ1) is 8.57. The van der Waals surface area contributed by atoms with Crippen LogP contribution in [0.25, 0.3) is 0 Å². The number of amides is 1. The molecule has 2 N–H and O–H groups in total. The third kappa shape index (κ3) is 2.21. The summed E-state index contributed by atoms with van der Waals surface area (Å²) in [5.41, 5.74) is 5.15. The minimum absolute atomic E-state index is 0.0993. The molecule has 1 amide bonds. The van der Waals surface area contributed by atoms with Gasteiger partial charge in [0.25, 0.3) is 0 Å². The number of nitrogens with two attached hydrogens (primary N) is 1. The van der Waals surface area contributed by atoms with Crippen molar-refractivity contribution in [3.63, 3.8) is 0 Å². The third-order valence-corrected chi connectivity index (χ3v) is 2.60. The van der Waals surface area contributed by atoms with Crippen LogP contribution in [0.2, 0.25) is 0 Å². The Morgan fingerprint density at radius 3 is 2.64 bits per heavy atom. The molecular weight excluding hydrogens is 138 g/mol. The molecule has 1 aliphatic carbocycles. The molecule has 1 saturated carbocycles. The van der Waals surface area contributed by atoms with Gasteiger partial charge in [-0.3, -0.25) is 4.79 Å². The zero-order chi connectivity index (χ0) is 8.27. The molecular formula is C9H17NO. The fourth-order valence-corrected chi connectivity index (χ4v) is 1.70. The van der Waals surface area contributed by atoms with Gasteiger partial charge >= 0.3 is 0 Å². The van der Waals surface area contributed by atoms with Crippen LogP contribution in [0, 0.1) is 11.8 Å². The molecule has 0 spiro atoms. The van der Waals surface area contributed by atoms with E-state index in [1.54, 1.807) is 0 Å². The van der Waals surface area contributed by atoms with Crippen molar-refractivity contribution < 1.29 is 4.79 Å². The van der Waals surface area contributed by atoms with E-state index in [1.165, 1.54) is 19.3 Å². The maximum absolute atomic E-state index is 10.6.